The van der Waals surface area contributed by atoms with Crippen molar-refractivity contribution >= 4 is 29.4 Å². The number of benzene rings is 1. The van der Waals surface area contributed by atoms with Crippen LogP contribution in [0.4, 0.5) is 10.5 Å². The standard InChI is InChI=1S/C16H25N3O2S/c1-5-19(12(4)11(2)3)16(21)18-13-8-6-7-9-14(13)22-10-15(17)20/h6-9,11-12H,5,10H2,1-4H3,(H2,17,20)(H,18,21). The SMILES string of the molecule is CCN(C(=O)Nc1ccccc1SCC(N)=O)C(C)C(C)C. The van der Waals surface area contributed by atoms with Gasteiger partial charge in [0, 0.05) is 17.5 Å². The molecule has 0 saturated carbocycles. The lowest BCUT2D eigenvalue weighted by atomic mass is 10.1. The third kappa shape index (κ3) is 5.26. The van der Waals surface area contributed by atoms with Crippen molar-refractivity contribution in [1.82, 2.24) is 4.90 Å². The summed E-state index contributed by atoms with van der Waals surface area (Å²) in [6, 6.07) is 7.44. The van der Waals surface area contributed by atoms with E-state index in [1.807, 2.05) is 38.1 Å². The van der Waals surface area contributed by atoms with Crippen molar-refractivity contribution in [3.63, 3.8) is 0 Å². The molecule has 22 heavy (non-hydrogen) atoms. The van der Waals surface area contributed by atoms with Crippen LogP contribution in [0, 0.1) is 5.92 Å². The molecule has 1 aromatic carbocycles. The number of thioether (sulfide) groups is 1. The molecular formula is C16H25N3O2S. The largest absolute Gasteiger partial charge is 0.369 e. The maximum absolute atomic E-state index is 12.5. The summed E-state index contributed by atoms with van der Waals surface area (Å²) in [5, 5.41) is 2.94. The fourth-order valence-corrected chi connectivity index (χ4v) is 2.76. The quantitative estimate of drug-likeness (QED) is 0.757. The molecule has 0 heterocycles. The number of hydrogen-bond donors (Lipinski definition) is 2. The molecule has 1 atom stereocenters. The average molecular weight is 323 g/mol. The maximum atomic E-state index is 12.5. The number of hydrogen-bond acceptors (Lipinski definition) is 3. The van der Waals surface area contributed by atoms with E-state index in [1.54, 1.807) is 4.90 Å². The molecule has 1 aromatic rings. The van der Waals surface area contributed by atoms with Gasteiger partial charge in [-0.15, -0.1) is 11.8 Å². The Hall–Kier alpha value is -1.69. The molecule has 1 unspecified atom stereocenters. The number of rotatable bonds is 7. The predicted molar refractivity (Wildman–Crippen MR) is 92.1 cm³/mol. The molecule has 5 nitrogen and oxygen atoms in total. The van der Waals surface area contributed by atoms with Crippen LogP contribution in [0.25, 0.3) is 0 Å². The van der Waals surface area contributed by atoms with Gasteiger partial charge in [0.05, 0.1) is 11.4 Å². The summed E-state index contributed by atoms with van der Waals surface area (Å²) in [6.07, 6.45) is 0. The van der Waals surface area contributed by atoms with Gasteiger partial charge >= 0.3 is 6.03 Å². The fraction of sp³-hybridized carbons (Fsp3) is 0.500. The van der Waals surface area contributed by atoms with E-state index < -0.39 is 0 Å². The monoisotopic (exact) mass is 323 g/mol. The first-order valence-corrected chi connectivity index (χ1v) is 8.43. The van der Waals surface area contributed by atoms with Crippen LogP contribution in [0.3, 0.4) is 0 Å². The molecule has 0 radical (unpaired) electrons. The van der Waals surface area contributed by atoms with E-state index in [4.69, 9.17) is 5.73 Å². The number of carbonyl (C=O) groups is 2. The summed E-state index contributed by atoms with van der Waals surface area (Å²) in [6.45, 7) is 8.84. The van der Waals surface area contributed by atoms with Crippen LogP contribution >= 0.6 is 11.8 Å². The summed E-state index contributed by atoms with van der Waals surface area (Å²) < 4.78 is 0. The van der Waals surface area contributed by atoms with Gasteiger partial charge in [-0.25, -0.2) is 4.79 Å². The summed E-state index contributed by atoms with van der Waals surface area (Å²) in [5.74, 6) is 0.187. The van der Waals surface area contributed by atoms with Gasteiger partial charge in [0.15, 0.2) is 0 Å². The zero-order valence-corrected chi connectivity index (χ0v) is 14.4. The average Bonchev–Trinajstić information content (AvgIpc) is 2.46. The number of amides is 3. The van der Waals surface area contributed by atoms with E-state index in [2.05, 4.69) is 19.2 Å². The third-order valence-electron chi connectivity index (χ3n) is 3.56. The van der Waals surface area contributed by atoms with Crippen molar-refractivity contribution in [3.05, 3.63) is 24.3 Å². The molecule has 6 heteroatoms. The Bertz CT molecular complexity index is 520. The maximum Gasteiger partial charge on any atom is 0.322 e. The Labute approximate surface area is 136 Å². The number of nitrogens with two attached hydrogens (primary N) is 1. The molecule has 0 aliphatic heterocycles. The Morgan fingerprint density at radius 3 is 2.45 bits per heavy atom. The van der Waals surface area contributed by atoms with Crippen molar-refractivity contribution < 1.29 is 9.59 Å². The molecule has 0 bridgehead atoms. The zero-order chi connectivity index (χ0) is 16.7. The van der Waals surface area contributed by atoms with E-state index in [0.29, 0.717) is 18.2 Å². The van der Waals surface area contributed by atoms with Gasteiger partial charge in [0.1, 0.15) is 0 Å². The highest BCUT2D eigenvalue weighted by atomic mass is 32.2. The second kappa shape index (κ2) is 8.68. The molecule has 0 aliphatic carbocycles. The molecule has 1 rings (SSSR count). The number of anilines is 1. The van der Waals surface area contributed by atoms with Crippen LogP contribution in [0.1, 0.15) is 27.7 Å². The lowest BCUT2D eigenvalue weighted by molar-refractivity contribution is -0.115. The molecule has 3 N–H and O–H groups in total. The van der Waals surface area contributed by atoms with Crippen LogP contribution in [0.5, 0.6) is 0 Å². The summed E-state index contributed by atoms with van der Waals surface area (Å²) in [4.78, 5) is 26.1. The second-order valence-electron chi connectivity index (χ2n) is 5.45. The molecule has 0 aromatic heterocycles. The molecule has 3 amide bonds. The molecule has 0 fully saturated rings. The minimum Gasteiger partial charge on any atom is -0.369 e. The number of carbonyl (C=O) groups excluding carboxylic acids is 2. The minimum absolute atomic E-state index is 0.129. The topological polar surface area (TPSA) is 75.4 Å². The van der Waals surface area contributed by atoms with Crippen LogP contribution in [0.2, 0.25) is 0 Å². The van der Waals surface area contributed by atoms with Gasteiger partial charge in [-0.05, 0) is 31.9 Å². The number of nitrogens with one attached hydrogen (secondary N) is 1. The first-order chi connectivity index (χ1) is 10.4. The summed E-state index contributed by atoms with van der Waals surface area (Å²) >= 11 is 1.32. The van der Waals surface area contributed by atoms with Crippen LogP contribution < -0.4 is 11.1 Å². The van der Waals surface area contributed by atoms with E-state index in [1.165, 1.54) is 11.8 Å². The van der Waals surface area contributed by atoms with Gasteiger partial charge in [0.2, 0.25) is 5.91 Å². The molecular weight excluding hydrogens is 298 g/mol. The van der Waals surface area contributed by atoms with Crippen molar-refractivity contribution in [2.75, 3.05) is 17.6 Å². The fourth-order valence-electron chi connectivity index (χ4n) is 2.01. The molecule has 0 saturated heterocycles. The van der Waals surface area contributed by atoms with Gasteiger partial charge < -0.3 is 16.0 Å². The highest BCUT2D eigenvalue weighted by Gasteiger charge is 2.21. The van der Waals surface area contributed by atoms with Gasteiger partial charge in [-0.1, -0.05) is 26.0 Å². The third-order valence-corrected chi connectivity index (χ3v) is 4.65. The Morgan fingerprint density at radius 2 is 1.91 bits per heavy atom. The van der Waals surface area contributed by atoms with Crippen LogP contribution in [0.15, 0.2) is 29.2 Å². The van der Waals surface area contributed by atoms with E-state index >= 15 is 0 Å². The number of primary amides is 1. The first kappa shape index (κ1) is 18.4. The zero-order valence-electron chi connectivity index (χ0n) is 13.6. The van der Waals surface area contributed by atoms with Crippen molar-refractivity contribution in [2.45, 2.75) is 38.6 Å². The Morgan fingerprint density at radius 1 is 1.27 bits per heavy atom. The highest BCUT2D eigenvalue weighted by Crippen LogP contribution is 2.27. The van der Waals surface area contributed by atoms with Crippen molar-refractivity contribution in [3.8, 4) is 0 Å². The van der Waals surface area contributed by atoms with Crippen molar-refractivity contribution in [1.29, 1.82) is 0 Å². The number of nitrogens with zero attached hydrogens (tertiary/aromatic N) is 1. The van der Waals surface area contributed by atoms with E-state index in [0.717, 1.165) is 4.90 Å². The van der Waals surface area contributed by atoms with Crippen LogP contribution in [-0.4, -0.2) is 35.2 Å². The first-order valence-electron chi connectivity index (χ1n) is 7.44. The summed E-state index contributed by atoms with van der Waals surface area (Å²) in [5.41, 5.74) is 5.88. The lowest BCUT2D eigenvalue weighted by Gasteiger charge is -2.31. The molecule has 122 valence electrons. The second-order valence-corrected chi connectivity index (χ2v) is 6.47. The lowest BCUT2D eigenvalue weighted by Crippen LogP contribution is -2.43. The molecule has 0 spiro atoms. The Balaban J connectivity index is 2.84. The van der Waals surface area contributed by atoms with Crippen molar-refractivity contribution in [2.24, 2.45) is 11.7 Å². The number of para-hydroxylation sites is 1. The van der Waals surface area contributed by atoms with Gasteiger partial charge in [0.25, 0.3) is 0 Å². The molecule has 0 aliphatic rings. The van der Waals surface area contributed by atoms with Gasteiger partial charge in [-0.3, -0.25) is 4.79 Å². The normalized spacial score (nSPS) is 12.0. The van der Waals surface area contributed by atoms with Crippen LogP contribution in [-0.2, 0) is 4.79 Å². The smallest absolute Gasteiger partial charge is 0.322 e. The summed E-state index contributed by atoms with van der Waals surface area (Å²) in [7, 11) is 0. The van der Waals surface area contributed by atoms with Gasteiger partial charge in [-0.2, -0.15) is 0 Å². The van der Waals surface area contributed by atoms with E-state index in [9.17, 15) is 9.59 Å². The number of urea groups is 1. The predicted octanol–water partition coefficient (Wildman–Crippen LogP) is 3.16. The Kier molecular flexibility index (Phi) is 7.24. The minimum atomic E-state index is -0.380. The highest BCUT2D eigenvalue weighted by molar-refractivity contribution is 8.00. The van der Waals surface area contributed by atoms with E-state index in [-0.39, 0.29) is 23.7 Å².